The molecule has 58 heavy (non-hydrogen) atoms. The van der Waals surface area contributed by atoms with Crippen LogP contribution in [0.5, 0.6) is 17.2 Å². The number of carbonyl (C=O) groups is 3. The number of rotatable bonds is 23. The second-order valence-corrected chi connectivity index (χ2v) is 14.3. The maximum absolute atomic E-state index is 13.3. The van der Waals surface area contributed by atoms with Gasteiger partial charge in [-0.3, -0.25) is 9.63 Å². The molecule has 1 fully saturated rings. The van der Waals surface area contributed by atoms with E-state index < -0.39 is 76.2 Å². The number of nitrogens with zero attached hydrogens (tertiary/aromatic N) is 4. The lowest BCUT2D eigenvalue weighted by Gasteiger charge is -2.38. The van der Waals surface area contributed by atoms with Gasteiger partial charge in [0.1, 0.15) is 29.7 Å². The van der Waals surface area contributed by atoms with Gasteiger partial charge in [0.25, 0.3) is 5.91 Å². The molecule has 0 aromatic heterocycles. The third-order valence-electron chi connectivity index (χ3n) is 7.41. The van der Waals surface area contributed by atoms with Gasteiger partial charge in [-0.05, 0) is 62.2 Å². The molecular formula is C34H47N5O18S. The summed E-state index contributed by atoms with van der Waals surface area (Å²) >= 11 is 0. The van der Waals surface area contributed by atoms with E-state index in [2.05, 4.69) is 15.5 Å². The lowest BCUT2D eigenvalue weighted by Crippen LogP contribution is -2.61. The molecule has 1 heterocycles. The molecule has 0 bridgehead atoms. The van der Waals surface area contributed by atoms with Crippen molar-refractivity contribution in [2.75, 3.05) is 59.8 Å². The van der Waals surface area contributed by atoms with Crippen LogP contribution in [0.2, 0.25) is 0 Å². The summed E-state index contributed by atoms with van der Waals surface area (Å²) < 4.78 is 68.4. The molecule has 2 amide bonds. The van der Waals surface area contributed by atoms with E-state index in [0.717, 1.165) is 12.1 Å². The second-order valence-electron chi connectivity index (χ2n) is 13.1. The van der Waals surface area contributed by atoms with Gasteiger partial charge in [-0.1, -0.05) is 17.2 Å². The number of carboxylic acids is 1. The Morgan fingerprint density at radius 3 is 2.16 bits per heavy atom. The average Bonchev–Trinajstić information content (AvgIpc) is 3.15. The minimum atomic E-state index is -5.02. The van der Waals surface area contributed by atoms with E-state index in [1.165, 1.54) is 42.3 Å². The van der Waals surface area contributed by atoms with E-state index in [-0.39, 0.29) is 64.0 Å². The molecular weight excluding hydrogens is 798 g/mol. The summed E-state index contributed by atoms with van der Waals surface area (Å²) in [4.78, 5) is 45.7. The van der Waals surface area contributed by atoms with Crippen LogP contribution in [0.1, 0.15) is 36.7 Å². The lowest BCUT2D eigenvalue weighted by molar-refractivity contribution is -0.271. The quantitative estimate of drug-likeness (QED) is 0.0343. The van der Waals surface area contributed by atoms with Crippen molar-refractivity contribution in [2.45, 2.75) is 63.7 Å². The molecule has 1 aliphatic heterocycles. The third-order valence-corrected chi connectivity index (χ3v) is 8.19. The fourth-order valence-electron chi connectivity index (χ4n) is 4.66. The van der Waals surface area contributed by atoms with Gasteiger partial charge in [0.05, 0.1) is 46.2 Å². The Hall–Kier alpha value is -5.01. The summed E-state index contributed by atoms with van der Waals surface area (Å²) in [5.74, 6) is -3.72. The number of hydrogen-bond acceptors (Lipinski definition) is 18. The number of azide groups is 1. The van der Waals surface area contributed by atoms with Gasteiger partial charge >= 0.3 is 22.5 Å². The van der Waals surface area contributed by atoms with Gasteiger partial charge in [0.15, 0.2) is 17.6 Å². The molecule has 23 nitrogen and oxygen atoms in total. The molecule has 1 aliphatic rings. The number of benzene rings is 2. The smallest absolute Gasteiger partial charge is 0.479 e. The van der Waals surface area contributed by atoms with E-state index >= 15 is 0 Å². The zero-order valence-corrected chi connectivity index (χ0v) is 32.8. The fraction of sp³-hybridized carbons (Fsp3) is 0.559. The topological polar surface area (TPSA) is 313 Å². The highest BCUT2D eigenvalue weighted by Gasteiger charge is 2.48. The van der Waals surface area contributed by atoms with Crippen molar-refractivity contribution in [1.82, 2.24) is 10.4 Å². The van der Waals surface area contributed by atoms with Crippen molar-refractivity contribution in [3.63, 3.8) is 0 Å². The second kappa shape index (κ2) is 22.8. The van der Waals surface area contributed by atoms with Gasteiger partial charge in [-0.25, -0.2) is 9.59 Å². The number of carbonyl (C=O) groups excluding carboxylic acids is 2. The predicted molar refractivity (Wildman–Crippen MR) is 196 cm³/mol. The molecule has 1 saturated heterocycles. The van der Waals surface area contributed by atoms with Crippen LogP contribution in [0.3, 0.4) is 0 Å². The van der Waals surface area contributed by atoms with Crippen molar-refractivity contribution in [1.29, 1.82) is 0 Å². The largest absolute Gasteiger partial charge is 0.501 e. The normalized spacial score (nSPS) is 19.3. The number of aliphatic hydroxyl groups is 3. The summed E-state index contributed by atoms with van der Waals surface area (Å²) in [5, 5.41) is 43.5. The van der Waals surface area contributed by atoms with Crippen LogP contribution >= 0.6 is 0 Å². The number of carboxylic acid groups (broad SMARTS) is 1. The monoisotopic (exact) mass is 845 g/mol. The molecule has 2 aromatic carbocycles. The number of aliphatic carboxylic acids is 1. The molecule has 0 saturated carbocycles. The number of likely N-dealkylation sites (N-methyl/N-ethyl adjacent to an activating group) is 1. The van der Waals surface area contributed by atoms with Crippen molar-refractivity contribution in [3.05, 3.63) is 64.0 Å². The lowest BCUT2D eigenvalue weighted by atomic mass is 9.99. The molecule has 0 aliphatic carbocycles. The van der Waals surface area contributed by atoms with Crippen LogP contribution in [0.25, 0.3) is 10.4 Å². The summed E-state index contributed by atoms with van der Waals surface area (Å²) in [5.41, 5.74) is 9.98. The minimum Gasteiger partial charge on any atom is -0.479 e. The molecule has 5 atom stereocenters. The summed E-state index contributed by atoms with van der Waals surface area (Å²) in [6.07, 6.45) is -10.9. The molecule has 3 rings (SSSR count). The number of nitrogens with one attached hydrogen (secondary N) is 1. The minimum absolute atomic E-state index is 0.0915. The van der Waals surface area contributed by atoms with Crippen LogP contribution in [0.15, 0.2) is 47.6 Å². The first kappa shape index (κ1) is 47.4. The van der Waals surface area contributed by atoms with Crippen molar-refractivity contribution in [3.8, 4) is 17.2 Å². The average molecular weight is 846 g/mol. The fourth-order valence-corrected chi connectivity index (χ4v) is 5.39. The van der Waals surface area contributed by atoms with Gasteiger partial charge in [-0.15, -0.1) is 8.42 Å². The highest BCUT2D eigenvalue weighted by Crippen LogP contribution is 2.34. The first-order chi connectivity index (χ1) is 27.4. The molecule has 0 spiro atoms. The van der Waals surface area contributed by atoms with E-state index in [1.807, 2.05) is 0 Å². The molecule has 5 N–H and O–H groups in total. The van der Waals surface area contributed by atoms with Crippen LogP contribution in [0, 0.1) is 0 Å². The van der Waals surface area contributed by atoms with Crippen LogP contribution < -0.4 is 18.6 Å². The Morgan fingerprint density at radius 2 is 1.53 bits per heavy atom. The third kappa shape index (κ3) is 16.1. The molecule has 322 valence electrons. The van der Waals surface area contributed by atoms with Crippen LogP contribution in [-0.2, 0) is 50.3 Å². The summed E-state index contributed by atoms with van der Waals surface area (Å²) in [6.45, 7) is 6.60. The van der Waals surface area contributed by atoms with E-state index in [1.54, 1.807) is 20.8 Å². The first-order valence-electron chi connectivity index (χ1n) is 17.5. The van der Waals surface area contributed by atoms with E-state index in [0.29, 0.717) is 12.2 Å². The number of amides is 2. The maximum Gasteiger partial charge on any atom is 0.501 e. The summed E-state index contributed by atoms with van der Waals surface area (Å²) in [7, 11) is -3.56. The van der Waals surface area contributed by atoms with Crippen LogP contribution in [-0.4, -0.2) is 148 Å². The van der Waals surface area contributed by atoms with Crippen molar-refractivity contribution >= 4 is 28.4 Å². The number of ether oxygens (including phenoxy) is 6. The molecule has 2 aromatic rings. The van der Waals surface area contributed by atoms with Gasteiger partial charge < -0.3 is 62.1 Å². The number of aliphatic hydroxyl groups excluding tert-OH is 3. The molecule has 0 radical (unpaired) electrons. The zero-order chi connectivity index (χ0) is 42.9. The Balaban J connectivity index is 1.68. The van der Waals surface area contributed by atoms with E-state index in [9.17, 15) is 43.2 Å². The van der Waals surface area contributed by atoms with Crippen LogP contribution in [0.4, 0.5) is 4.79 Å². The van der Waals surface area contributed by atoms with Gasteiger partial charge in [0, 0.05) is 30.6 Å². The van der Waals surface area contributed by atoms with Gasteiger partial charge in [0.2, 0.25) is 6.29 Å². The highest BCUT2D eigenvalue weighted by molar-refractivity contribution is 7.82. The Labute approximate surface area is 333 Å². The van der Waals surface area contributed by atoms with Gasteiger partial charge in [-0.2, -0.15) is 5.48 Å². The Bertz CT molecular complexity index is 1810. The number of hydroxylamine groups is 1. The number of hydrogen-bond donors (Lipinski definition) is 5. The standard InChI is InChI=1S/C34H47N5O18S/c1-34(2,3)55-33(46)37-52-20-21-5-8-23(9-6-21)56-58(47,48)57-25-19-22(7-10-24(25)53-32-28(42)26(40)27(41)29(54-32)31(44)45)30(43)39(4)12-14-50-16-18-51-17-15-49-13-11-36-38-35/h5-10,19,26-29,32,40-42H,11-18,20H2,1-4H3,(H,37,46)(H,44,45)/t26-,27-,28+,29-,32+/m0/s1. The summed E-state index contributed by atoms with van der Waals surface area (Å²) in [6, 6.07) is 8.63. The molecule has 0 unspecified atom stereocenters. The predicted octanol–water partition coefficient (Wildman–Crippen LogP) is 1.05. The first-order valence-corrected chi connectivity index (χ1v) is 18.8. The molecule has 24 heteroatoms. The van der Waals surface area contributed by atoms with E-state index in [4.69, 9.17) is 47.2 Å². The Morgan fingerprint density at radius 1 is 0.897 bits per heavy atom. The maximum atomic E-state index is 13.3. The Kier molecular flexibility index (Phi) is 18.6. The zero-order valence-electron chi connectivity index (χ0n) is 32.0. The van der Waals surface area contributed by atoms with Crippen molar-refractivity contribution < 1.29 is 84.9 Å². The van der Waals surface area contributed by atoms with Crippen molar-refractivity contribution in [2.24, 2.45) is 5.11 Å². The highest BCUT2D eigenvalue weighted by atomic mass is 32.3. The SMILES string of the molecule is CN(CCOCCOCCOCCN=[N+]=[N-])C(=O)c1ccc(O[C@@H]2O[C@H](C(=O)O)[C@@H](O)[C@H](O)[C@H]2O)c(OS(=O)(=O)Oc2ccc(CONC(=O)OC(C)(C)C)cc2)c1.